The second kappa shape index (κ2) is 6.96. The summed E-state index contributed by atoms with van der Waals surface area (Å²) in [6, 6.07) is 0. The Balaban J connectivity index is 1.97. The molecule has 0 aromatic heterocycles. The molecule has 0 bridgehead atoms. The molecule has 0 aromatic rings. The number of hydrogen-bond acceptors (Lipinski definition) is 4. The zero-order valence-corrected chi connectivity index (χ0v) is 14.3. The molecule has 6 nitrogen and oxygen atoms in total. The highest BCUT2D eigenvalue weighted by atomic mass is 16.5. The molecule has 2 amide bonds. The number of amides is 2. The van der Waals surface area contributed by atoms with E-state index in [0.717, 1.165) is 39.0 Å². The fourth-order valence-corrected chi connectivity index (χ4v) is 3.76. The zero-order chi connectivity index (χ0) is 16.3. The van der Waals surface area contributed by atoms with Gasteiger partial charge in [-0.2, -0.15) is 0 Å². The third-order valence-electron chi connectivity index (χ3n) is 5.34. The van der Waals surface area contributed by atoms with Gasteiger partial charge >= 0.3 is 0 Å². The van der Waals surface area contributed by atoms with Crippen molar-refractivity contribution in [2.45, 2.75) is 19.8 Å². The van der Waals surface area contributed by atoms with Crippen LogP contribution in [-0.2, 0) is 14.3 Å². The van der Waals surface area contributed by atoms with E-state index >= 15 is 0 Å². The van der Waals surface area contributed by atoms with Gasteiger partial charge in [-0.3, -0.25) is 14.5 Å². The predicted octanol–water partition coefficient (Wildman–Crippen LogP) is 0.282. The topological polar surface area (TPSA) is 53.1 Å². The molecule has 22 heavy (non-hydrogen) atoms. The first-order valence-electron chi connectivity index (χ1n) is 8.05. The van der Waals surface area contributed by atoms with E-state index in [4.69, 9.17) is 4.74 Å². The maximum absolute atomic E-state index is 11.8. The molecular formula is C16H29N3O3. The van der Waals surface area contributed by atoms with Gasteiger partial charge in [0.1, 0.15) is 0 Å². The van der Waals surface area contributed by atoms with Gasteiger partial charge in [0.15, 0.2) is 0 Å². The van der Waals surface area contributed by atoms with Crippen molar-refractivity contribution >= 4 is 11.8 Å². The fraction of sp³-hybridized carbons (Fsp3) is 0.875. The van der Waals surface area contributed by atoms with Crippen molar-refractivity contribution in [3.63, 3.8) is 0 Å². The van der Waals surface area contributed by atoms with Crippen LogP contribution in [0.15, 0.2) is 0 Å². The van der Waals surface area contributed by atoms with Crippen molar-refractivity contribution in [3.05, 3.63) is 0 Å². The van der Waals surface area contributed by atoms with Crippen molar-refractivity contribution in [3.8, 4) is 0 Å². The lowest BCUT2D eigenvalue weighted by Crippen LogP contribution is -2.48. The van der Waals surface area contributed by atoms with E-state index in [2.05, 4.69) is 4.90 Å². The maximum atomic E-state index is 11.8. The average Bonchev–Trinajstić information content (AvgIpc) is 2.81. The van der Waals surface area contributed by atoms with E-state index in [9.17, 15) is 9.59 Å². The highest BCUT2D eigenvalue weighted by Gasteiger charge is 2.48. The van der Waals surface area contributed by atoms with Gasteiger partial charge in [0.2, 0.25) is 11.8 Å². The summed E-state index contributed by atoms with van der Waals surface area (Å²) in [7, 11) is 5.32. The third-order valence-corrected chi connectivity index (χ3v) is 5.34. The van der Waals surface area contributed by atoms with E-state index in [1.54, 1.807) is 33.0 Å². The van der Waals surface area contributed by atoms with Crippen molar-refractivity contribution in [1.29, 1.82) is 0 Å². The van der Waals surface area contributed by atoms with Gasteiger partial charge in [-0.1, -0.05) is 0 Å². The van der Waals surface area contributed by atoms with Crippen LogP contribution in [0.3, 0.4) is 0 Å². The van der Waals surface area contributed by atoms with Crippen LogP contribution in [0, 0.1) is 11.3 Å². The molecule has 0 radical (unpaired) electrons. The van der Waals surface area contributed by atoms with Crippen LogP contribution in [0.4, 0.5) is 0 Å². The highest BCUT2D eigenvalue weighted by Crippen LogP contribution is 2.44. The minimum absolute atomic E-state index is 0.154. The first-order chi connectivity index (χ1) is 10.4. The Morgan fingerprint density at radius 1 is 1.27 bits per heavy atom. The number of hydrogen-bond donors (Lipinski definition) is 0. The molecule has 2 saturated heterocycles. The predicted molar refractivity (Wildman–Crippen MR) is 84.4 cm³/mol. The zero-order valence-electron chi connectivity index (χ0n) is 14.3. The molecule has 1 atom stereocenters. The largest absolute Gasteiger partial charge is 0.384 e. The molecule has 6 heteroatoms. The van der Waals surface area contributed by atoms with Crippen LogP contribution in [0.1, 0.15) is 19.8 Å². The summed E-state index contributed by atoms with van der Waals surface area (Å²) in [5.74, 6) is 0.720. The summed E-state index contributed by atoms with van der Waals surface area (Å²) in [4.78, 5) is 29.4. The van der Waals surface area contributed by atoms with E-state index in [1.807, 2.05) is 4.90 Å². The lowest BCUT2D eigenvalue weighted by molar-refractivity contribution is -0.130. The minimum atomic E-state index is 0.154. The van der Waals surface area contributed by atoms with Crippen LogP contribution in [0.25, 0.3) is 0 Å². The van der Waals surface area contributed by atoms with Crippen LogP contribution < -0.4 is 0 Å². The Labute approximate surface area is 133 Å². The quantitative estimate of drug-likeness (QED) is 0.748. The van der Waals surface area contributed by atoms with E-state index in [-0.39, 0.29) is 17.2 Å². The normalized spacial score (nSPS) is 24.7. The molecule has 0 aromatic carbocycles. The summed E-state index contributed by atoms with van der Waals surface area (Å²) < 4.78 is 5.39. The summed E-state index contributed by atoms with van der Waals surface area (Å²) >= 11 is 0. The first-order valence-corrected chi connectivity index (χ1v) is 8.05. The number of likely N-dealkylation sites (tertiary alicyclic amines) is 2. The van der Waals surface area contributed by atoms with Crippen LogP contribution in [0.2, 0.25) is 0 Å². The number of likely N-dealkylation sites (N-methyl/N-ethyl adjacent to an activating group) is 1. The number of ether oxygens (including phenoxy) is 1. The van der Waals surface area contributed by atoms with Crippen molar-refractivity contribution in [1.82, 2.24) is 14.7 Å². The summed E-state index contributed by atoms with van der Waals surface area (Å²) in [5, 5.41) is 0. The molecular weight excluding hydrogens is 282 g/mol. The summed E-state index contributed by atoms with van der Waals surface area (Å²) in [5.41, 5.74) is 0.166. The van der Waals surface area contributed by atoms with Crippen LogP contribution >= 0.6 is 0 Å². The third kappa shape index (κ3) is 3.60. The summed E-state index contributed by atoms with van der Waals surface area (Å²) in [6.45, 7) is 6.34. The molecule has 2 fully saturated rings. The minimum Gasteiger partial charge on any atom is -0.384 e. The lowest BCUT2D eigenvalue weighted by atomic mass is 9.71. The van der Waals surface area contributed by atoms with Gasteiger partial charge in [-0.05, 0) is 31.3 Å². The molecule has 2 heterocycles. The van der Waals surface area contributed by atoms with E-state index in [1.165, 1.54) is 0 Å². The SMILES string of the molecule is COCC1CN(C(C)=O)CC12CCN(CC(=O)N(C)C)CC2. The number of methoxy groups -OCH3 is 1. The van der Waals surface area contributed by atoms with Gasteiger partial charge in [-0.25, -0.2) is 0 Å². The Morgan fingerprint density at radius 3 is 2.41 bits per heavy atom. The molecule has 2 aliphatic rings. The monoisotopic (exact) mass is 311 g/mol. The average molecular weight is 311 g/mol. The van der Waals surface area contributed by atoms with Gasteiger partial charge < -0.3 is 14.5 Å². The Hall–Kier alpha value is -1.14. The second-order valence-electron chi connectivity index (χ2n) is 6.98. The molecule has 2 rings (SSSR count). The van der Waals surface area contributed by atoms with Crippen LogP contribution in [-0.4, -0.2) is 87.0 Å². The maximum Gasteiger partial charge on any atom is 0.236 e. The fourth-order valence-electron chi connectivity index (χ4n) is 3.76. The van der Waals surface area contributed by atoms with Gasteiger partial charge in [0, 0.05) is 47.1 Å². The molecule has 0 saturated carbocycles. The number of rotatable bonds is 4. The van der Waals surface area contributed by atoms with Crippen molar-refractivity contribution < 1.29 is 14.3 Å². The Morgan fingerprint density at radius 2 is 1.91 bits per heavy atom. The van der Waals surface area contributed by atoms with Crippen molar-refractivity contribution in [2.24, 2.45) is 11.3 Å². The smallest absolute Gasteiger partial charge is 0.236 e. The number of carbonyl (C=O) groups is 2. The van der Waals surface area contributed by atoms with Gasteiger partial charge in [-0.15, -0.1) is 0 Å². The van der Waals surface area contributed by atoms with E-state index in [0.29, 0.717) is 19.1 Å². The standard InChI is InChI=1S/C16H29N3O3/c1-13(20)19-9-14(11-22-4)16(12-19)5-7-18(8-6-16)10-15(21)17(2)3/h14H,5-12H2,1-4H3. The molecule has 1 spiro atoms. The second-order valence-corrected chi connectivity index (χ2v) is 6.98. The molecule has 2 aliphatic heterocycles. The van der Waals surface area contributed by atoms with Crippen molar-refractivity contribution in [2.75, 3.05) is 60.5 Å². The molecule has 0 aliphatic carbocycles. The highest BCUT2D eigenvalue weighted by molar-refractivity contribution is 5.77. The molecule has 1 unspecified atom stereocenters. The van der Waals surface area contributed by atoms with Crippen LogP contribution in [0.5, 0.6) is 0 Å². The number of nitrogens with zero attached hydrogens (tertiary/aromatic N) is 3. The molecule has 0 N–H and O–H groups in total. The van der Waals surface area contributed by atoms with Gasteiger partial charge in [0.05, 0.1) is 13.2 Å². The number of piperidine rings is 1. The van der Waals surface area contributed by atoms with E-state index < -0.39 is 0 Å². The molecule has 126 valence electrons. The summed E-state index contributed by atoms with van der Waals surface area (Å²) in [6.07, 6.45) is 2.07. The lowest BCUT2D eigenvalue weighted by Gasteiger charge is -2.42. The first kappa shape index (κ1) is 17.2. The Kier molecular flexibility index (Phi) is 5.45. The van der Waals surface area contributed by atoms with Gasteiger partial charge in [0.25, 0.3) is 0 Å². The Bertz CT molecular complexity index is 417. The number of carbonyl (C=O) groups excluding carboxylic acids is 2.